The number of hydrogen-bond acceptors (Lipinski definition) is 9. The molecule has 0 saturated carbocycles. The summed E-state index contributed by atoms with van der Waals surface area (Å²) in [6, 6.07) is 2.17. The average molecular weight is 436 g/mol. The maximum absolute atomic E-state index is 6.22. The van der Waals surface area contributed by atoms with Crippen LogP contribution in [-0.4, -0.2) is 53.8 Å². The second-order valence-electron chi connectivity index (χ2n) is 7.66. The molecule has 10 heteroatoms. The lowest BCUT2D eigenvalue weighted by atomic mass is 9.73. The SMILES string of the molecule is CNC1C(C)OCC12CCN(c1cnc(Sc3ccnc(N)c3Cl)c(N)n1)CC2. The quantitative estimate of drug-likeness (QED) is 0.665. The van der Waals surface area contributed by atoms with Crippen molar-refractivity contribution in [1.82, 2.24) is 20.3 Å². The highest BCUT2D eigenvalue weighted by Gasteiger charge is 2.48. The summed E-state index contributed by atoms with van der Waals surface area (Å²) in [7, 11) is 2.02. The van der Waals surface area contributed by atoms with Crippen molar-refractivity contribution in [2.75, 3.05) is 43.1 Å². The van der Waals surface area contributed by atoms with E-state index in [-0.39, 0.29) is 17.3 Å². The van der Waals surface area contributed by atoms with E-state index in [4.69, 9.17) is 27.8 Å². The molecule has 0 aliphatic carbocycles. The number of hydrogen-bond donors (Lipinski definition) is 3. The van der Waals surface area contributed by atoms with Gasteiger partial charge in [0.25, 0.3) is 0 Å². The minimum atomic E-state index is 0.192. The first kappa shape index (κ1) is 20.5. The van der Waals surface area contributed by atoms with Gasteiger partial charge in [0, 0.05) is 35.6 Å². The van der Waals surface area contributed by atoms with Gasteiger partial charge in [-0.05, 0) is 32.9 Å². The van der Waals surface area contributed by atoms with Gasteiger partial charge in [0.15, 0.2) is 5.82 Å². The molecule has 0 aromatic carbocycles. The van der Waals surface area contributed by atoms with E-state index in [0.717, 1.165) is 43.3 Å². The number of piperidine rings is 1. The third-order valence-corrected chi connectivity index (χ3v) is 7.57. The monoisotopic (exact) mass is 435 g/mol. The number of ether oxygens (including phenoxy) is 1. The topological polar surface area (TPSA) is 115 Å². The van der Waals surface area contributed by atoms with Gasteiger partial charge >= 0.3 is 0 Å². The van der Waals surface area contributed by atoms with E-state index in [1.807, 2.05) is 7.05 Å². The van der Waals surface area contributed by atoms with Crippen molar-refractivity contribution in [3.8, 4) is 0 Å². The first-order chi connectivity index (χ1) is 13.9. The van der Waals surface area contributed by atoms with Crippen LogP contribution >= 0.6 is 23.4 Å². The molecule has 1 spiro atoms. The lowest BCUT2D eigenvalue weighted by Crippen LogP contribution is -2.52. The molecule has 0 bridgehead atoms. The van der Waals surface area contributed by atoms with Gasteiger partial charge < -0.3 is 26.4 Å². The van der Waals surface area contributed by atoms with Crippen LogP contribution in [0, 0.1) is 5.41 Å². The second-order valence-corrected chi connectivity index (χ2v) is 9.07. The van der Waals surface area contributed by atoms with Crippen molar-refractivity contribution >= 4 is 40.8 Å². The zero-order valence-electron chi connectivity index (χ0n) is 16.6. The number of likely N-dealkylation sites (N-methyl/N-ethyl adjacent to an activating group) is 1. The Bertz CT molecular complexity index is 891. The van der Waals surface area contributed by atoms with Gasteiger partial charge in [-0.1, -0.05) is 23.4 Å². The number of nitrogens with zero attached hydrogens (tertiary/aromatic N) is 4. The van der Waals surface area contributed by atoms with Gasteiger partial charge in [0.2, 0.25) is 0 Å². The van der Waals surface area contributed by atoms with Gasteiger partial charge in [-0.3, -0.25) is 0 Å². The lowest BCUT2D eigenvalue weighted by molar-refractivity contribution is 0.0972. The molecule has 0 radical (unpaired) electrons. The zero-order chi connectivity index (χ0) is 20.6. The molecule has 2 aliphatic heterocycles. The van der Waals surface area contributed by atoms with Gasteiger partial charge in [-0.2, -0.15) is 0 Å². The molecular formula is C19H26ClN7OS. The number of nitrogens with two attached hydrogens (primary N) is 2. The summed E-state index contributed by atoms with van der Waals surface area (Å²) in [5.74, 6) is 1.47. The fraction of sp³-hybridized carbons (Fsp3) is 0.526. The molecule has 4 rings (SSSR count). The summed E-state index contributed by atoms with van der Waals surface area (Å²) in [4.78, 5) is 16.1. The van der Waals surface area contributed by atoms with E-state index in [1.165, 1.54) is 11.8 Å². The fourth-order valence-electron chi connectivity index (χ4n) is 4.40. The van der Waals surface area contributed by atoms with Crippen LogP contribution < -0.4 is 21.7 Å². The Morgan fingerprint density at radius 2 is 2.03 bits per heavy atom. The Labute approximate surface area is 179 Å². The van der Waals surface area contributed by atoms with Gasteiger partial charge in [0.1, 0.15) is 16.7 Å². The van der Waals surface area contributed by atoms with E-state index >= 15 is 0 Å². The Morgan fingerprint density at radius 1 is 1.28 bits per heavy atom. The van der Waals surface area contributed by atoms with Crippen molar-refractivity contribution in [2.24, 2.45) is 5.41 Å². The summed E-state index contributed by atoms with van der Waals surface area (Å²) in [5.41, 5.74) is 12.2. The molecule has 0 amide bonds. The highest BCUT2D eigenvalue weighted by atomic mass is 35.5. The van der Waals surface area contributed by atoms with Crippen LogP contribution in [0.5, 0.6) is 0 Å². The molecule has 8 nitrogen and oxygen atoms in total. The molecule has 2 fully saturated rings. The normalized spacial score (nSPS) is 23.6. The molecule has 29 heavy (non-hydrogen) atoms. The summed E-state index contributed by atoms with van der Waals surface area (Å²) < 4.78 is 5.94. The largest absolute Gasteiger partial charge is 0.382 e. The molecule has 5 N–H and O–H groups in total. The molecule has 156 valence electrons. The highest BCUT2D eigenvalue weighted by molar-refractivity contribution is 7.99. The number of aromatic nitrogens is 3. The van der Waals surface area contributed by atoms with E-state index in [0.29, 0.717) is 21.9 Å². The van der Waals surface area contributed by atoms with Crippen molar-refractivity contribution in [3.05, 3.63) is 23.5 Å². The molecule has 4 heterocycles. The highest BCUT2D eigenvalue weighted by Crippen LogP contribution is 2.43. The number of pyridine rings is 1. The van der Waals surface area contributed by atoms with Gasteiger partial charge in [0.05, 0.1) is 23.9 Å². The van der Waals surface area contributed by atoms with E-state index in [1.54, 1.807) is 18.5 Å². The second kappa shape index (κ2) is 8.14. The molecule has 2 saturated heterocycles. The van der Waals surface area contributed by atoms with Crippen molar-refractivity contribution in [3.63, 3.8) is 0 Å². The Balaban J connectivity index is 1.46. The number of anilines is 3. The third kappa shape index (κ3) is 3.84. The van der Waals surface area contributed by atoms with Crippen LogP contribution in [0.25, 0.3) is 0 Å². The molecule has 2 unspecified atom stereocenters. The van der Waals surface area contributed by atoms with Gasteiger partial charge in [-0.15, -0.1) is 0 Å². The Hall–Kier alpha value is -1.81. The van der Waals surface area contributed by atoms with Crippen molar-refractivity contribution < 1.29 is 4.74 Å². The smallest absolute Gasteiger partial charge is 0.158 e. The fourth-order valence-corrected chi connectivity index (χ4v) is 5.41. The average Bonchev–Trinajstić information content (AvgIpc) is 3.02. The van der Waals surface area contributed by atoms with Crippen molar-refractivity contribution in [1.29, 1.82) is 0 Å². The van der Waals surface area contributed by atoms with Crippen LogP contribution in [0.15, 0.2) is 28.4 Å². The molecule has 2 aliphatic rings. The van der Waals surface area contributed by atoms with Crippen LogP contribution in [0.3, 0.4) is 0 Å². The summed E-state index contributed by atoms with van der Waals surface area (Å²) in [5, 5.41) is 4.46. The first-order valence-corrected chi connectivity index (χ1v) is 10.9. The summed E-state index contributed by atoms with van der Waals surface area (Å²) in [6.07, 6.45) is 5.72. The van der Waals surface area contributed by atoms with Crippen LogP contribution in [0.4, 0.5) is 17.5 Å². The maximum Gasteiger partial charge on any atom is 0.158 e. The predicted octanol–water partition coefficient (Wildman–Crippen LogP) is 2.43. The van der Waals surface area contributed by atoms with Crippen LogP contribution in [-0.2, 0) is 4.74 Å². The standard InChI is InChI=1S/C19H26ClN7OS/c1-11-15(23-2)19(10-28-11)4-7-27(8-5-19)13-9-25-18(17(22)26-13)29-12-3-6-24-16(21)14(12)20/h3,6,9,11,15,23H,4-5,7-8,10H2,1-2H3,(H2,21,24)(H2,22,26). The number of nitrogen functional groups attached to an aromatic ring is 2. The zero-order valence-corrected chi connectivity index (χ0v) is 18.1. The number of halogens is 1. The first-order valence-electron chi connectivity index (χ1n) is 9.68. The van der Waals surface area contributed by atoms with Gasteiger partial charge in [-0.25, -0.2) is 15.0 Å². The maximum atomic E-state index is 6.22. The summed E-state index contributed by atoms with van der Waals surface area (Å²) in [6.45, 7) is 4.77. The lowest BCUT2D eigenvalue weighted by Gasteiger charge is -2.42. The molecular weight excluding hydrogens is 410 g/mol. The van der Waals surface area contributed by atoms with E-state index < -0.39 is 0 Å². The van der Waals surface area contributed by atoms with Crippen LogP contribution in [0.1, 0.15) is 19.8 Å². The summed E-state index contributed by atoms with van der Waals surface area (Å²) >= 11 is 7.56. The predicted molar refractivity (Wildman–Crippen MR) is 116 cm³/mol. The third-order valence-electron chi connectivity index (χ3n) is 6.00. The molecule has 2 aromatic rings. The van der Waals surface area contributed by atoms with E-state index in [9.17, 15) is 0 Å². The minimum Gasteiger partial charge on any atom is -0.382 e. The van der Waals surface area contributed by atoms with E-state index in [2.05, 4.69) is 32.1 Å². The van der Waals surface area contributed by atoms with Crippen molar-refractivity contribution in [2.45, 2.75) is 41.8 Å². The number of rotatable bonds is 4. The molecule has 2 aromatic heterocycles. The van der Waals surface area contributed by atoms with Crippen LogP contribution in [0.2, 0.25) is 5.02 Å². The Morgan fingerprint density at radius 3 is 2.72 bits per heavy atom. The minimum absolute atomic E-state index is 0.192. The Kier molecular flexibility index (Phi) is 5.74. The molecule has 2 atom stereocenters. The number of nitrogens with one attached hydrogen (secondary N) is 1.